The van der Waals surface area contributed by atoms with Crippen molar-refractivity contribution in [2.75, 3.05) is 17.7 Å². The molecule has 0 unspecified atom stereocenters. The second-order valence-electron chi connectivity index (χ2n) is 5.59. The van der Waals surface area contributed by atoms with Gasteiger partial charge in [0, 0.05) is 30.7 Å². The molecule has 0 radical (unpaired) electrons. The highest BCUT2D eigenvalue weighted by Crippen LogP contribution is 2.22. The lowest BCUT2D eigenvalue weighted by Crippen LogP contribution is -2.18. The van der Waals surface area contributed by atoms with E-state index in [4.69, 9.17) is 4.74 Å². The Morgan fingerprint density at radius 1 is 1.25 bits per heavy atom. The molecule has 0 fully saturated rings. The van der Waals surface area contributed by atoms with Crippen LogP contribution in [0.4, 0.5) is 16.2 Å². The number of carbonyl (C=O) groups is 1. The zero-order valence-electron chi connectivity index (χ0n) is 13.8. The van der Waals surface area contributed by atoms with Gasteiger partial charge < -0.3 is 10.1 Å². The van der Waals surface area contributed by atoms with E-state index in [-0.39, 0.29) is 6.10 Å². The molecule has 0 aliphatic heterocycles. The number of hydrogen-bond donors (Lipinski definition) is 2. The molecule has 0 atom stereocenters. The van der Waals surface area contributed by atoms with Crippen LogP contribution in [-0.4, -0.2) is 33.6 Å². The van der Waals surface area contributed by atoms with E-state index in [1.165, 1.54) is 0 Å². The van der Waals surface area contributed by atoms with Crippen molar-refractivity contribution in [3.05, 3.63) is 42.9 Å². The Morgan fingerprint density at radius 2 is 2.08 bits per heavy atom. The smallest absolute Gasteiger partial charge is 0.411 e. The van der Waals surface area contributed by atoms with Crippen LogP contribution in [0.15, 0.2) is 42.9 Å². The number of amides is 1. The van der Waals surface area contributed by atoms with Gasteiger partial charge in [-0.15, -0.1) is 0 Å². The summed E-state index contributed by atoms with van der Waals surface area (Å²) in [7, 11) is 1.87. The number of aromatic nitrogens is 3. The van der Waals surface area contributed by atoms with Crippen LogP contribution in [0.25, 0.3) is 17.0 Å². The van der Waals surface area contributed by atoms with E-state index in [1.807, 2.05) is 37.5 Å². The second kappa shape index (κ2) is 6.57. The highest BCUT2D eigenvalue weighted by Gasteiger charge is 2.09. The first-order valence-electron chi connectivity index (χ1n) is 7.66. The van der Waals surface area contributed by atoms with Crippen LogP contribution >= 0.6 is 0 Å². The van der Waals surface area contributed by atoms with Gasteiger partial charge in [-0.3, -0.25) is 9.72 Å². The average Bonchev–Trinajstić information content (AvgIpc) is 2.97. The molecular formula is C17H19N5O2. The number of hydrogen-bond acceptors (Lipinski definition) is 5. The normalized spacial score (nSPS) is 10.8. The van der Waals surface area contributed by atoms with Crippen molar-refractivity contribution < 1.29 is 9.53 Å². The number of carbonyl (C=O) groups excluding carboxylic acids is 1. The van der Waals surface area contributed by atoms with E-state index < -0.39 is 6.09 Å². The summed E-state index contributed by atoms with van der Waals surface area (Å²) in [4.78, 5) is 20.4. The molecule has 0 saturated carbocycles. The topological polar surface area (TPSA) is 80.5 Å². The van der Waals surface area contributed by atoms with Crippen molar-refractivity contribution in [2.24, 2.45) is 0 Å². The Kier molecular flexibility index (Phi) is 4.33. The van der Waals surface area contributed by atoms with Crippen LogP contribution in [0.3, 0.4) is 0 Å². The lowest BCUT2D eigenvalue weighted by molar-refractivity contribution is 0.130. The highest BCUT2D eigenvalue weighted by molar-refractivity contribution is 5.84. The van der Waals surface area contributed by atoms with E-state index in [2.05, 4.69) is 20.6 Å². The number of benzene rings is 1. The summed E-state index contributed by atoms with van der Waals surface area (Å²) in [5.74, 6) is 0.558. The summed E-state index contributed by atoms with van der Waals surface area (Å²) in [6.07, 6.45) is 4.49. The Labute approximate surface area is 139 Å². The lowest BCUT2D eigenvalue weighted by atomic mass is 10.1. The molecule has 2 N–H and O–H groups in total. The Morgan fingerprint density at radius 3 is 2.83 bits per heavy atom. The van der Waals surface area contributed by atoms with Crippen molar-refractivity contribution in [3.63, 3.8) is 0 Å². The number of nitrogens with one attached hydrogen (secondary N) is 2. The van der Waals surface area contributed by atoms with E-state index in [0.29, 0.717) is 11.5 Å². The van der Waals surface area contributed by atoms with Crippen molar-refractivity contribution in [3.8, 4) is 11.3 Å². The lowest BCUT2D eigenvalue weighted by Gasteiger charge is -2.09. The summed E-state index contributed by atoms with van der Waals surface area (Å²) in [5, 5.41) is 5.76. The van der Waals surface area contributed by atoms with Crippen molar-refractivity contribution in [1.82, 2.24) is 14.4 Å². The van der Waals surface area contributed by atoms with Gasteiger partial charge in [-0.25, -0.2) is 14.8 Å². The molecule has 3 rings (SSSR count). The number of ether oxygens (including phenoxy) is 1. The molecule has 2 heterocycles. The van der Waals surface area contributed by atoms with Gasteiger partial charge in [0.05, 0.1) is 23.7 Å². The third kappa shape index (κ3) is 3.45. The van der Waals surface area contributed by atoms with Gasteiger partial charge in [0.1, 0.15) is 0 Å². The first kappa shape index (κ1) is 15.8. The highest BCUT2D eigenvalue weighted by atomic mass is 16.6. The molecular weight excluding hydrogens is 306 g/mol. The number of nitrogens with zero attached hydrogens (tertiary/aromatic N) is 3. The van der Waals surface area contributed by atoms with Crippen LogP contribution in [0.2, 0.25) is 0 Å². The molecule has 0 spiro atoms. The van der Waals surface area contributed by atoms with Crippen molar-refractivity contribution in [1.29, 1.82) is 0 Å². The molecule has 0 bridgehead atoms. The van der Waals surface area contributed by atoms with Gasteiger partial charge in [-0.2, -0.15) is 0 Å². The van der Waals surface area contributed by atoms with Gasteiger partial charge in [0.25, 0.3) is 0 Å². The fraction of sp³-hybridized carbons (Fsp3) is 0.235. The molecule has 7 nitrogen and oxygen atoms in total. The summed E-state index contributed by atoms with van der Waals surface area (Å²) in [5.41, 5.74) is 3.35. The van der Waals surface area contributed by atoms with Gasteiger partial charge in [0.15, 0.2) is 0 Å². The largest absolute Gasteiger partial charge is 0.447 e. The summed E-state index contributed by atoms with van der Waals surface area (Å²) < 4.78 is 6.83. The van der Waals surface area contributed by atoms with Gasteiger partial charge in [-0.05, 0) is 26.0 Å². The summed E-state index contributed by atoms with van der Waals surface area (Å²) >= 11 is 0. The maximum Gasteiger partial charge on any atom is 0.411 e. The minimum absolute atomic E-state index is 0.180. The van der Waals surface area contributed by atoms with Crippen molar-refractivity contribution in [2.45, 2.75) is 20.0 Å². The van der Waals surface area contributed by atoms with E-state index in [1.54, 1.807) is 30.6 Å². The minimum atomic E-state index is -0.506. The van der Waals surface area contributed by atoms with Crippen LogP contribution in [0, 0.1) is 0 Å². The van der Waals surface area contributed by atoms with E-state index in [9.17, 15) is 4.79 Å². The SMILES string of the molecule is CNc1cccc(-c2cn3cc(NC(=O)OC(C)C)cnc3n2)c1. The van der Waals surface area contributed by atoms with Gasteiger partial charge in [0.2, 0.25) is 5.78 Å². The zero-order chi connectivity index (χ0) is 17.1. The molecule has 124 valence electrons. The molecule has 24 heavy (non-hydrogen) atoms. The van der Waals surface area contributed by atoms with E-state index >= 15 is 0 Å². The summed E-state index contributed by atoms with van der Waals surface area (Å²) in [6, 6.07) is 7.95. The average molecular weight is 325 g/mol. The molecule has 1 aromatic carbocycles. The van der Waals surface area contributed by atoms with Crippen LogP contribution in [0.1, 0.15) is 13.8 Å². The molecule has 0 aliphatic carbocycles. The zero-order valence-corrected chi connectivity index (χ0v) is 13.8. The van der Waals surface area contributed by atoms with Crippen LogP contribution in [-0.2, 0) is 4.74 Å². The Balaban J connectivity index is 1.87. The molecule has 3 aromatic rings. The third-order valence-electron chi connectivity index (χ3n) is 3.35. The third-order valence-corrected chi connectivity index (χ3v) is 3.35. The van der Waals surface area contributed by atoms with Gasteiger partial charge in [-0.1, -0.05) is 12.1 Å². The second-order valence-corrected chi connectivity index (χ2v) is 5.59. The quantitative estimate of drug-likeness (QED) is 0.768. The molecule has 7 heteroatoms. The maximum absolute atomic E-state index is 11.7. The monoisotopic (exact) mass is 325 g/mol. The molecule has 2 aromatic heterocycles. The number of anilines is 2. The maximum atomic E-state index is 11.7. The Bertz CT molecular complexity index is 872. The predicted molar refractivity (Wildman–Crippen MR) is 93.2 cm³/mol. The molecule has 1 amide bonds. The first-order valence-corrected chi connectivity index (χ1v) is 7.66. The van der Waals surface area contributed by atoms with Crippen LogP contribution in [0.5, 0.6) is 0 Å². The molecule has 0 aliphatic rings. The predicted octanol–water partition coefficient (Wildman–Crippen LogP) is 3.39. The first-order chi connectivity index (χ1) is 11.5. The number of imidazole rings is 1. The van der Waals surface area contributed by atoms with E-state index in [0.717, 1.165) is 16.9 Å². The standard InChI is InChI=1S/C17H19N5O2/c1-11(2)24-17(23)20-14-8-19-16-21-15(10-22(16)9-14)12-5-4-6-13(7-12)18-3/h4-11,18H,1-3H3,(H,20,23). The number of fused-ring (bicyclic) bond motifs is 1. The Hall–Kier alpha value is -3.09. The van der Waals surface area contributed by atoms with Crippen molar-refractivity contribution >= 4 is 23.2 Å². The summed E-state index contributed by atoms with van der Waals surface area (Å²) in [6.45, 7) is 3.59. The molecule has 0 saturated heterocycles. The fourth-order valence-corrected chi connectivity index (χ4v) is 2.28. The number of rotatable bonds is 4. The van der Waals surface area contributed by atoms with Gasteiger partial charge >= 0.3 is 6.09 Å². The minimum Gasteiger partial charge on any atom is -0.447 e. The van der Waals surface area contributed by atoms with Crippen LogP contribution < -0.4 is 10.6 Å². The fourth-order valence-electron chi connectivity index (χ4n) is 2.28.